The molecule has 0 spiro atoms. The fourth-order valence-electron chi connectivity index (χ4n) is 2.34. The Bertz CT molecular complexity index is 619. The monoisotopic (exact) mass is 882 g/mol. The van der Waals surface area contributed by atoms with Gasteiger partial charge in [0.1, 0.15) is 13.4 Å². The summed E-state index contributed by atoms with van der Waals surface area (Å²) >= 11 is 0. The quantitative estimate of drug-likeness (QED) is 0.238. The largest absolute Gasteiger partial charge is 0.396 e. The Hall–Kier alpha value is -0.810. The van der Waals surface area contributed by atoms with Crippen molar-refractivity contribution in [2.75, 3.05) is 92.7 Å². The van der Waals surface area contributed by atoms with Crippen molar-refractivity contribution in [1.82, 2.24) is 0 Å². The molecular formula is C52H115NO8. The van der Waals surface area contributed by atoms with Crippen LogP contribution in [0.15, 0.2) is 5.16 Å². The SMILES string of the molecule is C1=NOCC1.C1CCOC1.C1CCOCC1.C1COC1.C1COCCO1.C1COCO1.CC(C)(C)C.CC(C)(C)C.CC(C)(C)C.CC(C)(C)C.CC(C)(C)C.CC(C)(C)C. The van der Waals surface area contributed by atoms with Crippen molar-refractivity contribution in [3.63, 3.8) is 0 Å². The maximum Gasteiger partial charge on any atom is 0.146 e. The zero-order valence-electron chi connectivity index (χ0n) is 46.1. The van der Waals surface area contributed by atoms with Crippen LogP contribution in [0.3, 0.4) is 0 Å². The Morgan fingerprint density at radius 2 is 0.475 bits per heavy atom. The molecule has 0 bridgehead atoms. The van der Waals surface area contributed by atoms with Crippen molar-refractivity contribution < 1.29 is 38.0 Å². The van der Waals surface area contributed by atoms with Gasteiger partial charge in [0.25, 0.3) is 0 Å². The molecule has 0 aromatic rings. The molecule has 9 nitrogen and oxygen atoms in total. The lowest BCUT2D eigenvalue weighted by molar-refractivity contribution is -0.0334. The minimum Gasteiger partial charge on any atom is -0.396 e. The topological polar surface area (TPSA) is 86.2 Å². The third-order valence-electron chi connectivity index (χ3n) is 4.25. The highest BCUT2D eigenvalue weighted by Crippen LogP contribution is 2.10. The zero-order chi connectivity index (χ0) is 48.9. The lowest BCUT2D eigenvalue weighted by atomic mass is 10.0. The van der Waals surface area contributed by atoms with Crippen molar-refractivity contribution in [1.29, 1.82) is 0 Å². The van der Waals surface area contributed by atoms with Crippen molar-refractivity contribution >= 4 is 6.21 Å². The number of nitrogens with zero attached hydrogens (tertiary/aromatic N) is 1. The first kappa shape index (κ1) is 71.8. The normalized spacial score (nSPS) is 17.7. The van der Waals surface area contributed by atoms with Gasteiger partial charge in [-0.05, 0) is 71.0 Å². The van der Waals surface area contributed by atoms with Crippen molar-refractivity contribution in [2.24, 2.45) is 37.6 Å². The molecule has 6 rings (SSSR count). The van der Waals surface area contributed by atoms with Gasteiger partial charge < -0.3 is 38.0 Å². The molecule has 61 heavy (non-hydrogen) atoms. The predicted octanol–water partition coefficient (Wildman–Crippen LogP) is 15.1. The van der Waals surface area contributed by atoms with Crippen LogP contribution in [0.2, 0.25) is 0 Å². The summed E-state index contributed by atoms with van der Waals surface area (Å²) in [4.78, 5) is 4.51. The first-order valence-electron chi connectivity index (χ1n) is 23.7. The molecular weight excluding hydrogens is 767 g/mol. The van der Waals surface area contributed by atoms with E-state index in [2.05, 4.69) is 176 Å². The predicted molar refractivity (Wildman–Crippen MR) is 268 cm³/mol. The van der Waals surface area contributed by atoms with E-state index < -0.39 is 0 Å². The van der Waals surface area contributed by atoms with E-state index in [1.807, 2.05) is 0 Å². The van der Waals surface area contributed by atoms with Crippen molar-refractivity contribution in [3.05, 3.63) is 0 Å². The second-order valence-corrected chi connectivity index (χ2v) is 25.0. The summed E-state index contributed by atoms with van der Waals surface area (Å²) in [5.74, 6) is 0. The summed E-state index contributed by atoms with van der Waals surface area (Å²) < 4.78 is 34.1. The molecule has 9 heteroatoms. The molecule has 0 aromatic heterocycles. The van der Waals surface area contributed by atoms with Crippen LogP contribution in [0.25, 0.3) is 0 Å². The summed E-state index contributed by atoms with van der Waals surface area (Å²) in [5.41, 5.74) is 3.00. The molecule has 0 aliphatic carbocycles. The van der Waals surface area contributed by atoms with Gasteiger partial charge in [0.2, 0.25) is 0 Å². The molecule has 0 radical (unpaired) electrons. The van der Waals surface area contributed by atoms with E-state index in [0.717, 1.165) is 92.3 Å². The van der Waals surface area contributed by atoms with Gasteiger partial charge >= 0.3 is 0 Å². The lowest BCUT2D eigenvalue weighted by Crippen LogP contribution is -2.16. The Balaban J connectivity index is -0.000000135. The van der Waals surface area contributed by atoms with Gasteiger partial charge in [0.15, 0.2) is 0 Å². The minimum atomic E-state index is 0.500. The van der Waals surface area contributed by atoms with Gasteiger partial charge in [-0.1, -0.05) is 171 Å². The molecule has 0 amide bonds. The number of ether oxygens (including phenoxy) is 7. The van der Waals surface area contributed by atoms with Gasteiger partial charge in [-0.25, -0.2) is 0 Å². The molecule has 5 fully saturated rings. The first-order chi connectivity index (χ1) is 27.5. The van der Waals surface area contributed by atoms with E-state index in [1.165, 1.54) is 38.5 Å². The zero-order valence-corrected chi connectivity index (χ0v) is 46.1. The highest BCUT2D eigenvalue weighted by Gasteiger charge is 2.00. The summed E-state index contributed by atoms with van der Waals surface area (Å²) in [7, 11) is 0. The maximum absolute atomic E-state index is 5.07. The minimum absolute atomic E-state index is 0.500. The molecule has 0 N–H and O–H groups in total. The molecule has 6 aliphatic heterocycles. The smallest absolute Gasteiger partial charge is 0.146 e. The van der Waals surface area contributed by atoms with E-state index in [9.17, 15) is 0 Å². The van der Waals surface area contributed by atoms with Crippen LogP contribution in [0.4, 0.5) is 0 Å². The Morgan fingerprint density at radius 1 is 0.262 bits per heavy atom. The van der Waals surface area contributed by atoms with Gasteiger partial charge in [-0.15, -0.1) is 0 Å². The maximum atomic E-state index is 5.07. The second-order valence-electron chi connectivity index (χ2n) is 25.0. The summed E-state index contributed by atoms with van der Waals surface area (Å²) in [5, 5.41) is 3.46. The summed E-state index contributed by atoms with van der Waals surface area (Å²) in [6.07, 6.45) is 10.5. The Morgan fingerprint density at radius 3 is 0.557 bits per heavy atom. The highest BCUT2D eigenvalue weighted by atomic mass is 16.7. The van der Waals surface area contributed by atoms with Gasteiger partial charge in [0, 0.05) is 52.3 Å². The number of hydrogen-bond donors (Lipinski definition) is 0. The van der Waals surface area contributed by atoms with Crippen molar-refractivity contribution in [3.8, 4) is 0 Å². The molecule has 0 unspecified atom stereocenters. The second kappa shape index (κ2) is 45.7. The summed E-state index contributed by atoms with van der Waals surface area (Å²) in [6.45, 7) is 64.4. The average Bonchev–Trinajstić information content (AvgIpc) is 3.86. The first-order valence-corrected chi connectivity index (χ1v) is 23.7. The summed E-state index contributed by atoms with van der Waals surface area (Å²) in [6, 6.07) is 0. The van der Waals surface area contributed by atoms with Crippen LogP contribution in [-0.4, -0.2) is 98.9 Å². The van der Waals surface area contributed by atoms with Crippen LogP contribution in [0.1, 0.15) is 211 Å². The van der Waals surface area contributed by atoms with E-state index in [-0.39, 0.29) is 0 Å². The van der Waals surface area contributed by atoms with Gasteiger partial charge in [0.05, 0.1) is 39.6 Å². The van der Waals surface area contributed by atoms with Gasteiger partial charge in [-0.3, -0.25) is 0 Å². The van der Waals surface area contributed by atoms with E-state index in [4.69, 9.17) is 33.2 Å². The van der Waals surface area contributed by atoms with E-state index >= 15 is 0 Å². The van der Waals surface area contributed by atoms with E-state index in [0.29, 0.717) is 39.3 Å². The van der Waals surface area contributed by atoms with Crippen molar-refractivity contribution in [2.45, 2.75) is 211 Å². The van der Waals surface area contributed by atoms with Crippen LogP contribution >= 0.6 is 0 Å². The van der Waals surface area contributed by atoms with Gasteiger partial charge in [-0.2, -0.15) is 0 Å². The number of hydrogen-bond acceptors (Lipinski definition) is 9. The Labute approximate surface area is 384 Å². The molecule has 6 aliphatic rings. The number of oxime groups is 1. The molecule has 0 saturated carbocycles. The Kier molecular flexibility index (Phi) is 53.9. The standard InChI is InChI=1S/C5H10O.6C5H12.C4H8O2.C4H8O.C3H5NO.C3H6O2.C3H6O/c1-2-4-6-5-3-1;6*1-5(2,3)4;1-2-6-4-3-5-1;2*1-2-4-5-3-1;1-2-5-3-4-1;1-2-4-3-1/h1-5H2;6*1-4H3;1-4H2;1-4H2;2H,1,3H2;1-3H2;1-3H2. The fourth-order valence-corrected chi connectivity index (χ4v) is 2.34. The molecule has 0 atom stereocenters. The highest BCUT2D eigenvalue weighted by molar-refractivity contribution is 5.57. The third kappa shape index (κ3) is 212. The molecule has 376 valence electrons. The molecule has 6 heterocycles. The fraction of sp³-hybridized carbons (Fsp3) is 0.981. The van der Waals surface area contributed by atoms with E-state index in [1.54, 1.807) is 6.21 Å². The van der Waals surface area contributed by atoms with Crippen LogP contribution in [-0.2, 0) is 38.0 Å². The molecule has 0 aromatic carbocycles. The van der Waals surface area contributed by atoms with Crippen LogP contribution < -0.4 is 0 Å². The number of rotatable bonds is 0. The van der Waals surface area contributed by atoms with Crippen LogP contribution in [0.5, 0.6) is 0 Å². The van der Waals surface area contributed by atoms with Crippen LogP contribution in [0, 0.1) is 32.5 Å². The lowest BCUT2D eigenvalue weighted by Gasteiger charge is -2.09. The average molecular weight is 882 g/mol. The molecule has 5 saturated heterocycles. The third-order valence-corrected chi connectivity index (χ3v) is 4.25.